The Hall–Kier alpha value is 0.200. The minimum atomic E-state index is -3.20. The zero-order valence-electron chi connectivity index (χ0n) is 8.22. The molecule has 0 saturated carbocycles. The van der Waals surface area contributed by atoms with Crippen LogP contribution in [-0.4, -0.2) is 20.2 Å². The molecule has 0 amide bonds. The molecule has 0 aliphatic heterocycles. The maximum absolute atomic E-state index is 10.9. The molecule has 5 heteroatoms. The maximum Gasteiger partial charge on any atom is 0.225 e. The first-order chi connectivity index (χ1) is 5.98. The second-order valence-corrected chi connectivity index (χ2v) is 5.90. The van der Waals surface area contributed by atoms with Crippen molar-refractivity contribution in [1.82, 2.24) is 4.72 Å². The molecule has 13 heavy (non-hydrogen) atoms. The summed E-state index contributed by atoms with van der Waals surface area (Å²) in [5.74, 6) is 0.685. The molecule has 0 aromatic heterocycles. The lowest BCUT2D eigenvalue weighted by Gasteiger charge is -2.05. The van der Waals surface area contributed by atoms with Crippen LogP contribution in [-0.2, 0) is 10.0 Å². The predicted molar refractivity (Wildman–Crippen MR) is 56.3 cm³/mol. The maximum atomic E-state index is 10.9. The minimum absolute atomic E-state index is 0.350. The van der Waals surface area contributed by atoms with Crippen molar-refractivity contribution in [2.45, 2.75) is 33.1 Å². The molecule has 80 valence electrons. The van der Waals surface area contributed by atoms with E-state index < -0.39 is 10.0 Å². The van der Waals surface area contributed by atoms with Gasteiger partial charge in [-0.05, 0) is 12.3 Å². The highest BCUT2D eigenvalue weighted by atomic mass is 35.5. The van der Waals surface area contributed by atoms with E-state index in [1.165, 1.54) is 0 Å². The lowest BCUT2D eigenvalue weighted by Crippen LogP contribution is -2.25. The Labute approximate surface area is 85.9 Å². The average molecular weight is 228 g/mol. The molecule has 3 nitrogen and oxygen atoms in total. The van der Waals surface area contributed by atoms with Crippen LogP contribution >= 0.6 is 11.6 Å². The quantitative estimate of drug-likeness (QED) is 0.534. The van der Waals surface area contributed by atoms with E-state index in [1.54, 1.807) is 0 Å². The summed E-state index contributed by atoms with van der Waals surface area (Å²) in [5.41, 5.74) is 0. The molecule has 0 rings (SSSR count). The minimum Gasteiger partial charge on any atom is -0.214 e. The summed E-state index contributed by atoms with van der Waals surface area (Å²) < 4.78 is 24.1. The standard InChI is InChI=1S/C8H18ClNO2S/c1-8(2)5-3-4-6-10-13(11,12)7-9/h8,10H,3-7H2,1-2H3. The Bertz CT molecular complexity index is 214. The van der Waals surface area contributed by atoms with E-state index in [-0.39, 0.29) is 5.21 Å². The van der Waals surface area contributed by atoms with Gasteiger partial charge in [0.1, 0.15) is 5.21 Å². The van der Waals surface area contributed by atoms with Crippen LogP contribution in [0.4, 0.5) is 0 Å². The van der Waals surface area contributed by atoms with Crippen LogP contribution in [0.3, 0.4) is 0 Å². The van der Waals surface area contributed by atoms with Crippen molar-refractivity contribution in [3.63, 3.8) is 0 Å². The van der Waals surface area contributed by atoms with Gasteiger partial charge in [0, 0.05) is 6.54 Å². The number of hydrogen-bond acceptors (Lipinski definition) is 2. The van der Waals surface area contributed by atoms with Crippen molar-refractivity contribution in [1.29, 1.82) is 0 Å². The lowest BCUT2D eigenvalue weighted by atomic mass is 10.1. The third-order valence-corrected chi connectivity index (χ3v) is 3.47. The van der Waals surface area contributed by atoms with E-state index in [1.807, 2.05) is 0 Å². The molecule has 0 aliphatic carbocycles. The first-order valence-electron chi connectivity index (χ1n) is 4.51. The summed E-state index contributed by atoms with van der Waals surface area (Å²) in [4.78, 5) is 0. The third kappa shape index (κ3) is 8.53. The highest BCUT2D eigenvalue weighted by Gasteiger charge is 2.05. The molecule has 0 saturated heterocycles. The fraction of sp³-hybridized carbons (Fsp3) is 1.00. The first-order valence-corrected chi connectivity index (χ1v) is 6.70. The zero-order chi connectivity index (χ0) is 10.3. The molecule has 0 bridgehead atoms. The Morgan fingerprint density at radius 1 is 1.31 bits per heavy atom. The van der Waals surface area contributed by atoms with E-state index in [2.05, 4.69) is 18.6 Å². The topological polar surface area (TPSA) is 46.2 Å². The van der Waals surface area contributed by atoms with Crippen molar-refractivity contribution in [3.05, 3.63) is 0 Å². The van der Waals surface area contributed by atoms with Crippen LogP contribution in [0.5, 0.6) is 0 Å². The summed E-state index contributed by atoms with van der Waals surface area (Å²) in [6.07, 6.45) is 3.08. The van der Waals surface area contributed by atoms with Gasteiger partial charge in [-0.2, -0.15) is 0 Å². The van der Waals surface area contributed by atoms with Crippen molar-refractivity contribution >= 4 is 21.6 Å². The second-order valence-electron chi connectivity index (χ2n) is 3.51. The van der Waals surface area contributed by atoms with Gasteiger partial charge in [0.15, 0.2) is 0 Å². The van der Waals surface area contributed by atoms with Crippen LogP contribution in [0.15, 0.2) is 0 Å². The highest BCUT2D eigenvalue weighted by Crippen LogP contribution is 2.05. The smallest absolute Gasteiger partial charge is 0.214 e. The van der Waals surface area contributed by atoms with Crippen LogP contribution in [0.1, 0.15) is 33.1 Å². The molecule has 0 fully saturated rings. The van der Waals surface area contributed by atoms with Gasteiger partial charge in [-0.1, -0.05) is 26.7 Å². The Morgan fingerprint density at radius 3 is 2.38 bits per heavy atom. The summed E-state index contributed by atoms with van der Waals surface area (Å²) in [5, 5.41) is -0.350. The number of alkyl halides is 1. The lowest BCUT2D eigenvalue weighted by molar-refractivity contribution is 0.531. The van der Waals surface area contributed by atoms with E-state index in [0.717, 1.165) is 19.3 Å². The third-order valence-electron chi connectivity index (χ3n) is 1.67. The number of halogens is 1. The van der Waals surface area contributed by atoms with Crippen molar-refractivity contribution in [2.24, 2.45) is 5.92 Å². The van der Waals surface area contributed by atoms with Crippen molar-refractivity contribution in [3.8, 4) is 0 Å². The van der Waals surface area contributed by atoms with E-state index in [0.29, 0.717) is 12.5 Å². The molecule has 0 unspecified atom stereocenters. The van der Waals surface area contributed by atoms with Crippen LogP contribution in [0.25, 0.3) is 0 Å². The van der Waals surface area contributed by atoms with Gasteiger partial charge in [-0.25, -0.2) is 13.1 Å². The Kier molecular flexibility index (Phi) is 6.73. The monoisotopic (exact) mass is 227 g/mol. The Balaban J connectivity index is 3.37. The van der Waals surface area contributed by atoms with Gasteiger partial charge in [-0.15, -0.1) is 11.6 Å². The largest absolute Gasteiger partial charge is 0.225 e. The average Bonchev–Trinajstić information content (AvgIpc) is 2.03. The number of hydrogen-bond donors (Lipinski definition) is 1. The van der Waals surface area contributed by atoms with Crippen molar-refractivity contribution in [2.75, 3.05) is 11.8 Å². The Morgan fingerprint density at radius 2 is 1.92 bits per heavy atom. The van der Waals surface area contributed by atoms with Crippen molar-refractivity contribution < 1.29 is 8.42 Å². The normalized spacial score (nSPS) is 12.3. The number of sulfonamides is 1. The zero-order valence-corrected chi connectivity index (χ0v) is 9.79. The van der Waals surface area contributed by atoms with Gasteiger partial charge >= 0.3 is 0 Å². The summed E-state index contributed by atoms with van der Waals surface area (Å²) in [7, 11) is -3.20. The van der Waals surface area contributed by atoms with E-state index >= 15 is 0 Å². The van der Waals surface area contributed by atoms with Gasteiger partial charge in [0.05, 0.1) is 0 Å². The SMILES string of the molecule is CC(C)CCCCNS(=O)(=O)CCl. The van der Waals surface area contributed by atoms with E-state index in [4.69, 9.17) is 11.6 Å². The van der Waals surface area contributed by atoms with E-state index in [9.17, 15) is 8.42 Å². The van der Waals surface area contributed by atoms with Gasteiger partial charge in [0.25, 0.3) is 0 Å². The summed E-state index contributed by atoms with van der Waals surface area (Å²) >= 11 is 5.21. The van der Waals surface area contributed by atoms with Gasteiger partial charge in [0.2, 0.25) is 10.0 Å². The molecule has 1 N–H and O–H groups in total. The number of unbranched alkanes of at least 4 members (excludes halogenated alkanes) is 1. The van der Waals surface area contributed by atoms with Gasteiger partial charge < -0.3 is 0 Å². The molecule has 0 spiro atoms. The fourth-order valence-electron chi connectivity index (χ4n) is 0.944. The van der Waals surface area contributed by atoms with Gasteiger partial charge in [-0.3, -0.25) is 0 Å². The fourth-order valence-corrected chi connectivity index (χ4v) is 1.71. The number of nitrogens with one attached hydrogen (secondary N) is 1. The summed E-state index contributed by atoms with van der Waals surface area (Å²) in [6, 6.07) is 0. The molecule has 0 radical (unpaired) electrons. The molecule has 0 heterocycles. The molecule has 0 atom stereocenters. The highest BCUT2D eigenvalue weighted by molar-refractivity contribution is 7.90. The number of rotatable bonds is 7. The molecule has 0 aromatic rings. The first kappa shape index (κ1) is 13.2. The molecule has 0 aliphatic rings. The van der Waals surface area contributed by atoms with Crippen LogP contribution in [0, 0.1) is 5.92 Å². The second kappa shape index (κ2) is 6.62. The molecular formula is C8H18ClNO2S. The summed E-state index contributed by atoms with van der Waals surface area (Å²) in [6.45, 7) is 4.81. The predicted octanol–water partition coefficient (Wildman–Crippen LogP) is 1.93. The molecule has 0 aromatic carbocycles. The molecular weight excluding hydrogens is 210 g/mol. The van der Waals surface area contributed by atoms with Crippen LogP contribution < -0.4 is 4.72 Å². The van der Waals surface area contributed by atoms with Crippen LogP contribution in [0.2, 0.25) is 0 Å².